The zero-order valence-corrected chi connectivity index (χ0v) is 10.4. The van der Waals surface area contributed by atoms with Gasteiger partial charge in [0.05, 0.1) is 13.2 Å². The van der Waals surface area contributed by atoms with Gasteiger partial charge in [-0.2, -0.15) is 20.2 Å². The van der Waals surface area contributed by atoms with Crippen LogP contribution >= 0.6 is 0 Å². The molecule has 1 aromatic heterocycles. The summed E-state index contributed by atoms with van der Waals surface area (Å²) in [5.74, 6) is 0.730. The zero-order valence-electron chi connectivity index (χ0n) is 10.4. The fraction of sp³-hybridized carbons (Fsp3) is 0.600. The molecule has 0 fully saturated rings. The maximum absolute atomic E-state index is 8.71. The van der Waals surface area contributed by atoms with E-state index in [0.717, 1.165) is 0 Å². The number of hydrogen-bond acceptors (Lipinski definition) is 7. The van der Waals surface area contributed by atoms with Gasteiger partial charge in [-0.3, -0.25) is 0 Å². The molecule has 1 unspecified atom stereocenters. The van der Waals surface area contributed by atoms with Gasteiger partial charge in [-0.25, -0.2) is 0 Å². The monoisotopic (exact) mass is 236 g/mol. The first-order valence-corrected chi connectivity index (χ1v) is 5.28. The van der Waals surface area contributed by atoms with Gasteiger partial charge in [0.2, 0.25) is 11.9 Å². The minimum Gasteiger partial charge on any atom is -0.467 e. The molecule has 17 heavy (non-hydrogen) atoms. The zero-order chi connectivity index (χ0) is 12.8. The van der Waals surface area contributed by atoms with E-state index in [1.165, 1.54) is 7.11 Å². The smallest absolute Gasteiger partial charge is 0.322 e. The molecule has 0 aliphatic heterocycles. The Morgan fingerprint density at radius 2 is 1.71 bits per heavy atom. The molecular formula is C10H16N6O. The average molecular weight is 236 g/mol. The van der Waals surface area contributed by atoms with Gasteiger partial charge in [0.25, 0.3) is 0 Å². The third-order valence-corrected chi connectivity index (χ3v) is 1.75. The highest BCUT2D eigenvalue weighted by atomic mass is 16.5. The standard InChI is InChI=1S/C10H16N6O/c1-6(2)12-8-14-9(13-7(3)5-11)16-10(15-8)17-4/h6-7H,1-4H3,(H2,12,13,14,15,16). The molecule has 0 aliphatic rings. The van der Waals surface area contributed by atoms with Crippen molar-refractivity contribution in [1.82, 2.24) is 15.0 Å². The lowest BCUT2D eigenvalue weighted by atomic mass is 10.4. The van der Waals surface area contributed by atoms with Gasteiger partial charge in [0.15, 0.2) is 0 Å². The molecule has 1 aromatic rings. The van der Waals surface area contributed by atoms with Gasteiger partial charge in [-0.05, 0) is 20.8 Å². The van der Waals surface area contributed by atoms with Gasteiger partial charge in [0, 0.05) is 6.04 Å². The van der Waals surface area contributed by atoms with Crippen molar-refractivity contribution in [1.29, 1.82) is 5.26 Å². The van der Waals surface area contributed by atoms with E-state index in [9.17, 15) is 0 Å². The van der Waals surface area contributed by atoms with Crippen LogP contribution in [0.4, 0.5) is 11.9 Å². The number of anilines is 2. The van der Waals surface area contributed by atoms with Crippen LogP contribution in [0.25, 0.3) is 0 Å². The molecule has 0 aliphatic carbocycles. The Morgan fingerprint density at radius 3 is 2.18 bits per heavy atom. The normalized spacial score (nSPS) is 11.8. The largest absolute Gasteiger partial charge is 0.467 e. The Bertz CT molecular complexity index is 414. The Hall–Kier alpha value is -2.10. The maximum atomic E-state index is 8.71. The van der Waals surface area contributed by atoms with Gasteiger partial charge < -0.3 is 15.4 Å². The van der Waals surface area contributed by atoms with Gasteiger partial charge >= 0.3 is 6.01 Å². The summed E-state index contributed by atoms with van der Waals surface area (Å²) in [6.45, 7) is 5.66. The van der Waals surface area contributed by atoms with Crippen LogP contribution in [0.3, 0.4) is 0 Å². The number of hydrogen-bond donors (Lipinski definition) is 2. The lowest BCUT2D eigenvalue weighted by Crippen LogP contribution is -2.18. The number of nitriles is 1. The van der Waals surface area contributed by atoms with E-state index in [1.54, 1.807) is 6.92 Å². The second kappa shape index (κ2) is 5.84. The summed E-state index contributed by atoms with van der Waals surface area (Å²) in [5.41, 5.74) is 0. The lowest BCUT2D eigenvalue weighted by Gasteiger charge is -2.11. The van der Waals surface area contributed by atoms with E-state index in [-0.39, 0.29) is 18.1 Å². The minimum atomic E-state index is -0.381. The highest BCUT2D eigenvalue weighted by Gasteiger charge is 2.09. The van der Waals surface area contributed by atoms with Crippen LogP contribution in [-0.2, 0) is 0 Å². The van der Waals surface area contributed by atoms with Crippen molar-refractivity contribution in [3.05, 3.63) is 0 Å². The Balaban J connectivity index is 2.93. The first kappa shape index (κ1) is 13.0. The second-order valence-corrected chi connectivity index (χ2v) is 3.76. The Kier molecular flexibility index (Phi) is 4.46. The molecule has 1 atom stereocenters. The molecule has 0 saturated carbocycles. The Labute approximate surface area is 100 Å². The van der Waals surface area contributed by atoms with Crippen LogP contribution < -0.4 is 15.4 Å². The van der Waals surface area contributed by atoms with Crippen molar-refractivity contribution < 1.29 is 4.74 Å². The highest BCUT2D eigenvalue weighted by Crippen LogP contribution is 2.12. The number of nitrogens with one attached hydrogen (secondary N) is 2. The maximum Gasteiger partial charge on any atom is 0.322 e. The highest BCUT2D eigenvalue weighted by molar-refractivity contribution is 5.37. The van der Waals surface area contributed by atoms with Crippen molar-refractivity contribution in [2.24, 2.45) is 0 Å². The molecule has 0 amide bonds. The van der Waals surface area contributed by atoms with Crippen LogP contribution in [0.15, 0.2) is 0 Å². The molecule has 2 N–H and O–H groups in total. The Morgan fingerprint density at radius 1 is 1.12 bits per heavy atom. The summed E-state index contributed by atoms with van der Waals surface area (Å²) in [5, 5.41) is 14.6. The molecule has 1 rings (SSSR count). The first-order valence-electron chi connectivity index (χ1n) is 5.28. The van der Waals surface area contributed by atoms with Gasteiger partial charge in [0.1, 0.15) is 6.04 Å². The minimum absolute atomic E-state index is 0.198. The number of nitrogens with zero attached hydrogens (tertiary/aromatic N) is 4. The van der Waals surface area contributed by atoms with E-state index < -0.39 is 0 Å². The number of rotatable bonds is 5. The summed E-state index contributed by atoms with van der Waals surface area (Å²) in [6, 6.07) is 2.06. The van der Waals surface area contributed by atoms with E-state index in [4.69, 9.17) is 10.00 Å². The van der Waals surface area contributed by atoms with Crippen LogP contribution in [0, 0.1) is 11.3 Å². The van der Waals surface area contributed by atoms with E-state index >= 15 is 0 Å². The molecule has 0 saturated heterocycles. The van der Waals surface area contributed by atoms with E-state index in [0.29, 0.717) is 11.9 Å². The average Bonchev–Trinajstić information content (AvgIpc) is 2.27. The van der Waals surface area contributed by atoms with Crippen molar-refractivity contribution in [2.75, 3.05) is 17.7 Å². The molecule has 0 bridgehead atoms. The molecular weight excluding hydrogens is 220 g/mol. The summed E-state index contributed by atoms with van der Waals surface area (Å²) < 4.78 is 4.97. The quantitative estimate of drug-likeness (QED) is 0.788. The predicted molar refractivity (Wildman–Crippen MR) is 63.8 cm³/mol. The molecule has 92 valence electrons. The number of aromatic nitrogens is 3. The predicted octanol–water partition coefficient (Wildman–Crippen LogP) is 1.02. The SMILES string of the molecule is COc1nc(NC(C)C)nc(NC(C)C#N)n1. The molecule has 0 spiro atoms. The lowest BCUT2D eigenvalue weighted by molar-refractivity contribution is 0.379. The first-order chi connectivity index (χ1) is 8.05. The second-order valence-electron chi connectivity index (χ2n) is 3.76. The van der Waals surface area contributed by atoms with Crippen LogP contribution in [0.1, 0.15) is 20.8 Å². The van der Waals surface area contributed by atoms with Crippen LogP contribution in [-0.4, -0.2) is 34.1 Å². The van der Waals surface area contributed by atoms with Crippen molar-refractivity contribution in [3.8, 4) is 12.1 Å². The van der Waals surface area contributed by atoms with Gasteiger partial charge in [-0.15, -0.1) is 0 Å². The molecule has 7 nitrogen and oxygen atoms in total. The molecule has 0 radical (unpaired) electrons. The van der Waals surface area contributed by atoms with E-state index in [1.807, 2.05) is 19.9 Å². The summed E-state index contributed by atoms with van der Waals surface area (Å²) in [7, 11) is 1.48. The summed E-state index contributed by atoms with van der Waals surface area (Å²) in [6.07, 6.45) is 0. The third kappa shape index (κ3) is 4.10. The van der Waals surface area contributed by atoms with Crippen LogP contribution in [0.2, 0.25) is 0 Å². The third-order valence-electron chi connectivity index (χ3n) is 1.75. The fourth-order valence-electron chi connectivity index (χ4n) is 1.06. The van der Waals surface area contributed by atoms with Crippen molar-refractivity contribution in [2.45, 2.75) is 32.9 Å². The fourth-order valence-corrected chi connectivity index (χ4v) is 1.06. The summed E-state index contributed by atoms with van der Waals surface area (Å²) in [4.78, 5) is 12.2. The number of methoxy groups -OCH3 is 1. The van der Waals surface area contributed by atoms with Crippen molar-refractivity contribution >= 4 is 11.9 Å². The van der Waals surface area contributed by atoms with Gasteiger partial charge in [-0.1, -0.05) is 0 Å². The molecule has 1 heterocycles. The number of ether oxygens (including phenoxy) is 1. The topological polar surface area (TPSA) is 95.8 Å². The van der Waals surface area contributed by atoms with E-state index in [2.05, 4.69) is 25.6 Å². The van der Waals surface area contributed by atoms with Crippen molar-refractivity contribution in [3.63, 3.8) is 0 Å². The molecule has 7 heteroatoms. The summed E-state index contributed by atoms with van der Waals surface area (Å²) >= 11 is 0. The van der Waals surface area contributed by atoms with Crippen LogP contribution in [0.5, 0.6) is 6.01 Å². The molecule has 0 aromatic carbocycles.